The molecule has 0 heterocycles. The molecule has 1 fully saturated rings. The summed E-state index contributed by atoms with van der Waals surface area (Å²) in [6.07, 6.45) is 11.3. The minimum absolute atomic E-state index is 0.170. The Labute approximate surface area is 116 Å². The van der Waals surface area contributed by atoms with Gasteiger partial charge in [0.25, 0.3) is 0 Å². The van der Waals surface area contributed by atoms with Crippen molar-refractivity contribution in [3.63, 3.8) is 0 Å². The molecule has 3 nitrogen and oxygen atoms in total. The van der Waals surface area contributed by atoms with Crippen LogP contribution in [0.25, 0.3) is 0 Å². The third-order valence-corrected chi connectivity index (χ3v) is 4.27. The highest BCUT2D eigenvalue weighted by Gasteiger charge is 2.25. The van der Waals surface area contributed by atoms with Crippen molar-refractivity contribution in [2.24, 2.45) is 17.6 Å². The highest BCUT2D eigenvalue weighted by atomic mass is 16.1. The first kappa shape index (κ1) is 14.3. The highest BCUT2D eigenvalue weighted by Crippen LogP contribution is 2.24. The topological polar surface area (TPSA) is 55.1 Å². The van der Waals surface area contributed by atoms with Gasteiger partial charge in [0.15, 0.2) is 0 Å². The molecule has 2 rings (SSSR count). The number of hydrogen-bond acceptors (Lipinski definition) is 2. The SMILES string of the molecule is CC(C)C1=CCC(NC(=O)C2CCC(N)CC2)C=C1. The molecule has 1 unspecified atom stereocenters. The maximum atomic E-state index is 12.2. The molecule has 1 saturated carbocycles. The van der Waals surface area contributed by atoms with E-state index in [0.29, 0.717) is 12.0 Å². The van der Waals surface area contributed by atoms with Gasteiger partial charge in [-0.15, -0.1) is 0 Å². The monoisotopic (exact) mass is 262 g/mol. The lowest BCUT2D eigenvalue weighted by molar-refractivity contribution is -0.126. The Balaban J connectivity index is 1.80. The molecule has 0 bridgehead atoms. The number of nitrogens with one attached hydrogen (secondary N) is 1. The lowest BCUT2D eigenvalue weighted by Crippen LogP contribution is -2.40. The second-order valence-electron chi connectivity index (χ2n) is 6.18. The normalized spacial score (nSPS) is 31.2. The molecule has 0 radical (unpaired) electrons. The summed E-state index contributed by atoms with van der Waals surface area (Å²) in [5, 5.41) is 3.15. The fraction of sp³-hybridized carbons (Fsp3) is 0.688. The Morgan fingerprint density at radius 3 is 2.53 bits per heavy atom. The van der Waals surface area contributed by atoms with E-state index in [1.165, 1.54) is 5.57 Å². The first-order chi connectivity index (χ1) is 9.06. The minimum atomic E-state index is 0.170. The van der Waals surface area contributed by atoms with E-state index in [4.69, 9.17) is 5.73 Å². The molecule has 1 atom stereocenters. The number of allylic oxidation sites excluding steroid dienone is 2. The maximum Gasteiger partial charge on any atom is 0.223 e. The van der Waals surface area contributed by atoms with Crippen molar-refractivity contribution in [2.45, 2.75) is 58.0 Å². The average Bonchev–Trinajstić information content (AvgIpc) is 2.40. The molecule has 2 aliphatic rings. The van der Waals surface area contributed by atoms with Crippen LogP contribution >= 0.6 is 0 Å². The summed E-state index contributed by atoms with van der Waals surface area (Å²) in [5.41, 5.74) is 7.24. The maximum absolute atomic E-state index is 12.2. The van der Waals surface area contributed by atoms with Gasteiger partial charge in [-0.1, -0.05) is 32.1 Å². The second kappa shape index (κ2) is 6.38. The van der Waals surface area contributed by atoms with Crippen molar-refractivity contribution in [1.82, 2.24) is 5.32 Å². The molecule has 2 aliphatic carbocycles. The molecule has 0 aromatic heterocycles. The number of carbonyl (C=O) groups excluding carboxylic acids is 1. The number of nitrogens with two attached hydrogens (primary N) is 1. The molecular weight excluding hydrogens is 236 g/mol. The van der Waals surface area contributed by atoms with E-state index in [-0.39, 0.29) is 17.9 Å². The van der Waals surface area contributed by atoms with Gasteiger partial charge in [0.05, 0.1) is 6.04 Å². The lowest BCUT2D eigenvalue weighted by atomic mass is 9.85. The van der Waals surface area contributed by atoms with Crippen molar-refractivity contribution in [2.75, 3.05) is 0 Å². The van der Waals surface area contributed by atoms with Crippen LogP contribution in [-0.2, 0) is 4.79 Å². The molecule has 19 heavy (non-hydrogen) atoms. The summed E-state index contributed by atoms with van der Waals surface area (Å²) in [5.74, 6) is 0.944. The van der Waals surface area contributed by atoms with Gasteiger partial charge in [0.1, 0.15) is 0 Å². The van der Waals surface area contributed by atoms with Gasteiger partial charge in [-0.05, 0) is 43.6 Å². The fourth-order valence-corrected chi connectivity index (χ4v) is 2.85. The summed E-state index contributed by atoms with van der Waals surface area (Å²) in [7, 11) is 0. The summed E-state index contributed by atoms with van der Waals surface area (Å²) in [6, 6.07) is 0.473. The molecule has 0 saturated heterocycles. The van der Waals surface area contributed by atoms with Crippen molar-refractivity contribution in [3.05, 3.63) is 23.8 Å². The summed E-state index contributed by atoms with van der Waals surface area (Å²) in [6.45, 7) is 4.39. The Kier molecular flexibility index (Phi) is 4.81. The van der Waals surface area contributed by atoms with Crippen molar-refractivity contribution >= 4 is 5.91 Å². The molecule has 106 valence electrons. The molecule has 3 heteroatoms. The minimum Gasteiger partial charge on any atom is -0.349 e. The predicted octanol–water partition coefficient (Wildman–Crippen LogP) is 2.53. The molecule has 1 amide bonds. The van der Waals surface area contributed by atoms with Crippen LogP contribution in [0.1, 0.15) is 46.0 Å². The number of amides is 1. The summed E-state index contributed by atoms with van der Waals surface area (Å²) < 4.78 is 0. The molecule has 0 aromatic carbocycles. The summed E-state index contributed by atoms with van der Waals surface area (Å²) >= 11 is 0. The van der Waals surface area contributed by atoms with Crippen molar-refractivity contribution in [3.8, 4) is 0 Å². The van der Waals surface area contributed by atoms with Gasteiger partial charge >= 0.3 is 0 Å². The van der Waals surface area contributed by atoms with Crippen LogP contribution in [-0.4, -0.2) is 18.0 Å². The van der Waals surface area contributed by atoms with E-state index in [1.807, 2.05) is 0 Å². The van der Waals surface area contributed by atoms with Crippen LogP contribution < -0.4 is 11.1 Å². The van der Waals surface area contributed by atoms with Crippen LogP contribution in [0, 0.1) is 11.8 Å². The van der Waals surface area contributed by atoms with Crippen LogP contribution in [0.4, 0.5) is 0 Å². The number of rotatable bonds is 3. The standard InChI is InChI=1S/C16H26N2O/c1-11(2)12-5-9-15(10-6-12)18-16(19)13-3-7-14(17)8-4-13/h5-6,9,11,13-15H,3-4,7-8,10,17H2,1-2H3,(H,18,19). The number of carbonyl (C=O) groups is 1. The van der Waals surface area contributed by atoms with E-state index < -0.39 is 0 Å². The lowest BCUT2D eigenvalue weighted by Gasteiger charge is -2.27. The quantitative estimate of drug-likeness (QED) is 0.821. The van der Waals surface area contributed by atoms with Gasteiger partial charge in [-0.25, -0.2) is 0 Å². The Hall–Kier alpha value is -1.09. The molecule has 0 aromatic rings. The molecule has 3 N–H and O–H groups in total. The molecule has 0 aliphatic heterocycles. The van der Waals surface area contributed by atoms with E-state index in [1.54, 1.807) is 0 Å². The Bertz CT molecular complexity index is 376. The largest absolute Gasteiger partial charge is 0.349 e. The van der Waals surface area contributed by atoms with Gasteiger partial charge < -0.3 is 11.1 Å². The van der Waals surface area contributed by atoms with E-state index >= 15 is 0 Å². The highest BCUT2D eigenvalue weighted by molar-refractivity contribution is 5.79. The van der Waals surface area contributed by atoms with Crippen molar-refractivity contribution in [1.29, 1.82) is 0 Å². The predicted molar refractivity (Wildman–Crippen MR) is 78.5 cm³/mol. The van der Waals surface area contributed by atoms with E-state index in [9.17, 15) is 4.79 Å². The second-order valence-corrected chi connectivity index (χ2v) is 6.18. The number of hydrogen-bond donors (Lipinski definition) is 2. The van der Waals surface area contributed by atoms with E-state index in [0.717, 1.165) is 32.1 Å². The van der Waals surface area contributed by atoms with Gasteiger partial charge in [-0.2, -0.15) is 0 Å². The Morgan fingerprint density at radius 1 is 1.32 bits per heavy atom. The van der Waals surface area contributed by atoms with Crippen LogP contribution in [0.15, 0.2) is 23.8 Å². The van der Waals surface area contributed by atoms with Crippen LogP contribution in [0.3, 0.4) is 0 Å². The third kappa shape index (κ3) is 3.93. The Morgan fingerprint density at radius 2 is 2.00 bits per heavy atom. The van der Waals surface area contributed by atoms with Gasteiger partial charge in [0, 0.05) is 12.0 Å². The first-order valence-corrected chi connectivity index (χ1v) is 7.50. The van der Waals surface area contributed by atoms with Gasteiger partial charge in [-0.3, -0.25) is 4.79 Å². The van der Waals surface area contributed by atoms with Gasteiger partial charge in [0.2, 0.25) is 5.91 Å². The van der Waals surface area contributed by atoms with E-state index in [2.05, 4.69) is 37.4 Å². The average molecular weight is 262 g/mol. The zero-order chi connectivity index (χ0) is 13.8. The molecule has 0 spiro atoms. The molecular formula is C16H26N2O. The van der Waals surface area contributed by atoms with Crippen molar-refractivity contribution < 1.29 is 4.79 Å². The fourth-order valence-electron chi connectivity index (χ4n) is 2.85. The smallest absolute Gasteiger partial charge is 0.223 e. The third-order valence-electron chi connectivity index (χ3n) is 4.27. The van der Waals surface area contributed by atoms with Crippen LogP contribution in [0.5, 0.6) is 0 Å². The zero-order valence-corrected chi connectivity index (χ0v) is 12.1. The zero-order valence-electron chi connectivity index (χ0n) is 12.1. The first-order valence-electron chi connectivity index (χ1n) is 7.50. The summed E-state index contributed by atoms with van der Waals surface area (Å²) in [4.78, 5) is 12.2. The van der Waals surface area contributed by atoms with Crippen LogP contribution in [0.2, 0.25) is 0 Å².